The lowest BCUT2D eigenvalue weighted by atomic mass is 10.3. The van der Waals surface area contributed by atoms with Gasteiger partial charge in [-0.15, -0.1) is 5.10 Å². The number of thiazole rings is 1. The van der Waals surface area contributed by atoms with Crippen molar-refractivity contribution < 1.29 is 9.53 Å². The molecule has 0 N–H and O–H groups in total. The number of para-hydroxylation sites is 1. The Morgan fingerprint density at radius 3 is 2.96 bits per heavy atom. The molecule has 1 fully saturated rings. The van der Waals surface area contributed by atoms with Crippen molar-refractivity contribution >= 4 is 17.2 Å². The van der Waals surface area contributed by atoms with Crippen LogP contribution in [0.4, 0.5) is 0 Å². The van der Waals surface area contributed by atoms with Crippen LogP contribution in [-0.2, 0) is 0 Å². The highest BCUT2D eigenvalue weighted by Crippen LogP contribution is 2.21. The monoisotopic (exact) mass is 341 g/mol. The third-order valence-electron chi connectivity index (χ3n) is 3.81. The molecule has 24 heavy (non-hydrogen) atoms. The Hall–Kier alpha value is -2.74. The van der Waals surface area contributed by atoms with Gasteiger partial charge in [0.15, 0.2) is 5.69 Å². The lowest BCUT2D eigenvalue weighted by Gasteiger charge is -2.14. The number of aromatic nitrogens is 4. The molecule has 3 heterocycles. The first-order valence-corrected chi connectivity index (χ1v) is 8.51. The summed E-state index contributed by atoms with van der Waals surface area (Å²) in [4.78, 5) is 19.9. The number of hydrogen-bond acceptors (Lipinski definition) is 6. The van der Waals surface area contributed by atoms with E-state index in [9.17, 15) is 4.79 Å². The Bertz CT molecular complexity index is 818. The van der Waals surface area contributed by atoms with Crippen molar-refractivity contribution in [2.75, 3.05) is 13.1 Å². The first-order chi connectivity index (χ1) is 11.8. The first-order valence-electron chi connectivity index (χ1n) is 7.63. The van der Waals surface area contributed by atoms with E-state index in [1.165, 1.54) is 22.3 Å². The summed E-state index contributed by atoms with van der Waals surface area (Å²) in [6.45, 7) is 1.18. The van der Waals surface area contributed by atoms with Crippen LogP contribution in [0, 0.1) is 0 Å². The van der Waals surface area contributed by atoms with Gasteiger partial charge in [-0.3, -0.25) is 4.79 Å². The summed E-state index contributed by atoms with van der Waals surface area (Å²) in [7, 11) is 0. The Kier molecular flexibility index (Phi) is 3.96. The minimum atomic E-state index is -0.123. The second kappa shape index (κ2) is 6.40. The topological polar surface area (TPSA) is 73.1 Å². The first kappa shape index (κ1) is 14.8. The Labute approximate surface area is 142 Å². The number of amides is 1. The van der Waals surface area contributed by atoms with Crippen molar-refractivity contribution in [3.8, 4) is 10.9 Å². The zero-order valence-electron chi connectivity index (χ0n) is 12.8. The fraction of sp³-hybridized carbons (Fsp3) is 0.250. The highest BCUT2D eigenvalue weighted by atomic mass is 32.1. The molecule has 122 valence electrons. The van der Waals surface area contributed by atoms with Gasteiger partial charge in [-0.2, -0.15) is 9.90 Å². The van der Waals surface area contributed by atoms with E-state index in [4.69, 9.17) is 4.74 Å². The summed E-state index contributed by atoms with van der Waals surface area (Å²) in [6.07, 6.45) is 3.98. The maximum Gasteiger partial charge on any atom is 0.276 e. The van der Waals surface area contributed by atoms with Crippen molar-refractivity contribution in [2.45, 2.75) is 12.5 Å². The van der Waals surface area contributed by atoms with Crippen LogP contribution in [0.25, 0.3) is 5.69 Å². The zero-order chi connectivity index (χ0) is 16.4. The number of likely N-dealkylation sites (tertiary alicyclic amines) is 1. The maximum absolute atomic E-state index is 12.6. The maximum atomic E-state index is 12.6. The molecule has 0 saturated carbocycles. The zero-order valence-corrected chi connectivity index (χ0v) is 13.6. The average Bonchev–Trinajstić information content (AvgIpc) is 3.37. The van der Waals surface area contributed by atoms with Gasteiger partial charge >= 0.3 is 0 Å². The molecule has 1 amide bonds. The minimum absolute atomic E-state index is 0.0238. The van der Waals surface area contributed by atoms with Crippen LogP contribution in [0.1, 0.15) is 16.9 Å². The van der Waals surface area contributed by atoms with Crippen molar-refractivity contribution in [3.63, 3.8) is 0 Å². The van der Waals surface area contributed by atoms with E-state index in [0.717, 1.165) is 12.1 Å². The Balaban J connectivity index is 1.42. The van der Waals surface area contributed by atoms with Crippen LogP contribution >= 0.6 is 11.3 Å². The number of nitrogens with zero attached hydrogens (tertiary/aromatic N) is 5. The summed E-state index contributed by atoms with van der Waals surface area (Å²) in [5, 5.41) is 11.0. The second-order valence-electron chi connectivity index (χ2n) is 5.43. The molecule has 3 aromatic rings. The predicted molar refractivity (Wildman–Crippen MR) is 88.4 cm³/mol. The molecule has 1 aromatic carbocycles. The summed E-state index contributed by atoms with van der Waals surface area (Å²) < 4.78 is 5.78. The van der Waals surface area contributed by atoms with E-state index >= 15 is 0 Å². The highest BCUT2D eigenvalue weighted by Gasteiger charge is 2.30. The van der Waals surface area contributed by atoms with E-state index in [0.29, 0.717) is 24.0 Å². The van der Waals surface area contributed by atoms with Crippen LogP contribution in [0.5, 0.6) is 5.19 Å². The van der Waals surface area contributed by atoms with Crippen LogP contribution in [0.15, 0.2) is 48.1 Å². The van der Waals surface area contributed by atoms with Gasteiger partial charge in [0, 0.05) is 24.5 Å². The summed E-state index contributed by atoms with van der Waals surface area (Å²) in [5.74, 6) is -0.123. The van der Waals surface area contributed by atoms with E-state index in [1.807, 2.05) is 35.7 Å². The van der Waals surface area contributed by atoms with Gasteiger partial charge < -0.3 is 9.64 Å². The SMILES string of the molecule is O=C(c1cnn(-c2ccccc2)n1)N1CCC(Oc2nccs2)C1. The number of carbonyl (C=O) groups excluding carboxylic acids is 1. The lowest BCUT2D eigenvalue weighted by molar-refractivity contribution is 0.0766. The summed E-state index contributed by atoms with van der Waals surface area (Å²) in [6, 6.07) is 9.51. The number of carbonyl (C=O) groups is 1. The molecule has 1 saturated heterocycles. The molecule has 7 nitrogen and oxygen atoms in total. The minimum Gasteiger partial charge on any atom is -0.465 e. The molecule has 4 rings (SSSR count). The summed E-state index contributed by atoms with van der Waals surface area (Å²) >= 11 is 1.45. The van der Waals surface area contributed by atoms with E-state index in [1.54, 1.807) is 11.1 Å². The normalized spacial score (nSPS) is 17.2. The smallest absolute Gasteiger partial charge is 0.276 e. The van der Waals surface area contributed by atoms with Crippen molar-refractivity contribution in [2.24, 2.45) is 0 Å². The van der Waals surface area contributed by atoms with Crippen LogP contribution < -0.4 is 4.74 Å². The summed E-state index contributed by atoms with van der Waals surface area (Å²) in [5.41, 5.74) is 1.16. The Morgan fingerprint density at radius 1 is 1.29 bits per heavy atom. The fourth-order valence-corrected chi connectivity index (χ4v) is 3.18. The van der Waals surface area contributed by atoms with Gasteiger partial charge in [0.05, 0.1) is 18.4 Å². The van der Waals surface area contributed by atoms with Gasteiger partial charge in [-0.25, -0.2) is 4.98 Å². The predicted octanol–water partition coefficient (Wildman–Crippen LogP) is 2.02. The van der Waals surface area contributed by atoms with Crippen molar-refractivity contribution in [1.29, 1.82) is 0 Å². The Morgan fingerprint density at radius 2 is 2.17 bits per heavy atom. The van der Waals surface area contributed by atoms with Crippen molar-refractivity contribution in [1.82, 2.24) is 24.9 Å². The van der Waals surface area contributed by atoms with E-state index in [-0.39, 0.29) is 12.0 Å². The van der Waals surface area contributed by atoms with Gasteiger partial charge in [-0.05, 0) is 12.1 Å². The molecule has 2 aromatic heterocycles. The molecular weight excluding hydrogens is 326 g/mol. The molecule has 1 aliphatic rings. The third-order valence-corrected chi connectivity index (χ3v) is 4.47. The number of benzene rings is 1. The standard InChI is InChI=1S/C16H15N5O2S/c22-15(14-10-18-21(19-14)12-4-2-1-3-5-12)20-8-6-13(11-20)23-16-17-7-9-24-16/h1-5,7,9-10,13H,6,8,11H2. The molecule has 1 aliphatic heterocycles. The molecule has 1 unspecified atom stereocenters. The van der Waals surface area contributed by atoms with Crippen LogP contribution in [-0.4, -0.2) is 50.0 Å². The quantitative estimate of drug-likeness (QED) is 0.726. The number of ether oxygens (including phenoxy) is 1. The molecular formula is C16H15N5O2S. The van der Waals surface area contributed by atoms with Crippen LogP contribution in [0.2, 0.25) is 0 Å². The number of rotatable bonds is 4. The average molecular weight is 341 g/mol. The highest BCUT2D eigenvalue weighted by molar-refractivity contribution is 7.11. The van der Waals surface area contributed by atoms with Gasteiger partial charge in [0.25, 0.3) is 11.1 Å². The van der Waals surface area contributed by atoms with Crippen molar-refractivity contribution in [3.05, 3.63) is 53.8 Å². The third kappa shape index (κ3) is 3.00. The lowest BCUT2D eigenvalue weighted by Crippen LogP contribution is -2.31. The molecule has 1 atom stereocenters. The van der Waals surface area contributed by atoms with Gasteiger partial charge in [-0.1, -0.05) is 29.5 Å². The number of hydrogen-bond donors (Lipinski definition) is 0. The molecule has 8 heteroatoms. The largest absolute Gasteiger partial charge is 0.465 e. The van der Waals surface area contributed by atoms with Crippen LogP contribution in [0.3, 0.4) is 0 Å². The fourth-order valence-electron chi connectivity index (χ4n) is 2.63. The second-order valence-corrected chi connectivity index (χ2v) is 6.29. The molecule has 0 spiro atoms. The van der Waals surface area contributed by atoms with E-state index < -0.39 is 0 Å². The van der Waals surface area contributed by atoms with E-state index in [2.05, 4.69) is 15.2 Å². The molecule has 0 radical (unpaired) electrons. The van der Waals surface area contributed by atoms with Gasteiger partial charge in [0.1, 0.15) is 6.10 Å². The van der Waals surface area contributed by atoms with Gasteiger partial charge in [0.2, 0.25) is 0 Å². The molecule has 0 bridgehead atoms. The molecule has 0 aliphatic carbocycles.